The average Bonchev–Trinajstić information content (AvgIpc) is 1.63. The molecule has 2 nitrogen and oxygen atoms in total. The van der Waals surface area contributed by atoms with Crippen LogP contribution < -0.4 is 0 Å². The summed E-state index contributed by atoms with van der Waals surface area (Å²) in [6.45, 7) is 4.52. The first-order valence-electron chi connectivity index (χ1n) is 3.13. The Kier molecular flexibility index (Phi) is 2.30. The van der Waals surface area contributed by atoms with Crippen molar-refractivity contribution in [3.63, 3.8) is 0 Å². The Bertz CT molecular complexity index is 59.5. The molecular weight excluding hydrogens is 104 g/mol. The van der Waals surface area contributed by atoms with Gasteiger partial charge in [-0.15, -0.1) is 0 Å². The predicted octanol–water partition coefficient (Wildman–Crippen LogP) is 0.812. The first-order valence-corrected chi connectivity index (χ1v) is 3.13. The molecular formula is C6H12O2. The van der Waals surface area contributed by atoms with Crippen LogP contribution in [-0.2, 0) is 9.47 Å². The van der Waals surface area contributed by atoms with Crippen molar-refractivity contribution in [2.75, 3.05) is 19.8 Å². The molecule has 8 heavy (non-hydrogen) atoms. The van der Waals surface area contributed by atoms with Crippen LogP contribution >= 0.6 is 0 Å². The average molecular weight is 116 g/mol. The van der Waals surface area contributed by atoms with Crippen molar-refractivity contribution in [3.05, 3.63) is 0 Å². The van der Waals surface area contributed by atoms with Crippen molar-refractivity contribution < 1.29 is 9.47 Å². The van der Waals surface area contributed by atoms with Gasteiger partial charge in [-0.25, -0.2) is 0 Å². The van der Waals surface area contributed by atoms with Crippen LogP contribution in [0.3, 0.4) is 0 Å². The van der Waals surface area contributed by atoms with Crippen molar-refractivity contribution in [3.8, 4) is 0 Å². The molecule has 1 aliphatic rings. The lowest BCUT2D eigenvalue weighted by atomic mass is 10.2. The maximum absolute atomic E-state index is 5.11. The normalized spacial score (nSPS) is 27.4. The molecule has 0 radical (unpaired) electrons. The lowest BCUT2D eigenvalue weighted by Crippen LogP contribution is -2.31. The van der Waals surface area contributed by atoms with Crippen LogP contribution in [0.4, 0.5) is 0 Å². The monoisotopic (exact) mass is 116 g/mol. The molecule has 0 aromatic rings. The minimum Gasteiger partial charge on any atom is -0.379 e. The number of hydrogen-bond acceptors (Lipinski definition) is 2. The van der Waals surface area contributed by atoms with Crippen LogP contribution in [0, 0.1) is 0 Å². The van der Waals surface area contributed by atoms with Crippen molar-refractivity contribution in [2.24, 2.45) is 0 Å². The van der Waals surface area contributed by atoms with Gasteiger partial charge in [0.25, 0.3) is 0 Å². The van der Waals surface area contributed by atoms with Crippen LogP contribution in [0.2, 0.25) is 0 Å². The molecule has 0 spiro atoms. The van der Waals surface area contributed by atoms with Gasteiger partial charge in [0.2, 0.25) is 0 Å². The van der Waals surface area contributed by atoms with E-state index in [0.717, 1.165) is 19.8 Å². The van der Waals surface area contributed by atoms with Crippen LogP contribution in [0.5, 0.6) is 0 Å². The number of rotatable bonds is 3. The maximum Gasteiger partial charge on any atom is 0.0830 e. The summed E-state index contributed by atoms with van der Waals surface area (Å²) in [5.41, 5.74) is 0. The van der Waals surface area contributed by atoms with Gasteiger partial charge in [-0.3, -0.25) is 0 Å². The van der Waals surface area contributed by atoms with E-state index in [9.17, 15) is 0 Å². The highest BCUT2D eigenvalue weighted by molar-refractivity contribution is 4.64. The van der Waals surface area contributed by atoms with Gasteiger partial charge in [0.05, 0.1) is 12.7 Å². The second-order valence-electron chi connectivity index (χ2n) is 1.94. The molecule has 1 fully saturated rings. The molecule has 0 N–H and O–H groups in total. The highest BCUT2D eigenvalue weighted by Gasteiger charge is 2.16. The van der Waals surface area contributed by atoms with E-state index in [4.69, 9.17) is 9.47 Å². The first-order chi connectivity index (χ1) is 3.93. The molecule has 0 aliphatic carbocycles. The zero-order chi connectivity index (χ0) is 5.82. The fraction of sp³-hybridized carbons (Fsp3) is 1.00. The molecule has 1 unspecified atom stereocenters. The molecule has 0 amide bonds. The lowest BCUT2D eigenvalue weighted by Gasteiger charge is -2.25. The highest BCUT2D eigenvalue weighted by atomic mass is 16.5. The van der Waals surface area contributed by atoms with E-state index in [1.54, 1.807) is 0 Å². The van der Waals surface area contributed by atoms with E-state index in [0.29, 0.717) is 6.10 Å². The van der Waals surface area contributed by atoms with Crippen LogP contribution in [-0.4, -0.2) is 25.9 Å². The SMILES string of the molecule is CCOCC1CCO1. The fourth-order valence-corrected chi connectivity index (χ4v) is 0.665. The van der Waals surface area contributed by atoms with Crippen LogP contribution in [0.25, 0.3) is 0 Å². The maximum atomic E-state index is 5.11. The Morgan fingerprint density at radius 3 is 2.88 bits per heavy atom. The Morgan fingerprint density at radius 2 is 2.50 bits per heavy atom. The smallest absolute Gasteiger partial charge is 0.0830 e. The number of hydrogen-bond donors (Lipinski definition) is 0. The third-order valence-corrected chi connectivity index (χ3v) is 1.30. The van der Waals surface area contributed by atoms with E-state index < -0.39 is 0 Å². The highest BCUT2D eigenvalue weighted by Crippen LogP contribution is 2.10. The van der Waals surface area contributed by atoms with Gasteiger partial charge >= 0.3 is 0 Å². The molecule has 1 saturated heterocycles. The molecule has 1 atom stereocenters. The van der Waals surface area contributed by atoms with Gasteiger partial charge in [-0.2, -0.15) is 0 Å². The summed E-state index contributed by atoms with van der Waals surface area (Å²) in [5.74, 6) is 0. The summed E-state index contributed by atoms with van der Waals surface area (Å²) < 4.78 is 10.2. The minimum absolute atomic E-state index is 0.412. The van der Waals surface area contributed by atoms with E-state index in [2.05, 4.69) is 0 Å². The topological polar surface area (TPSA) is 18.5 Å². The standard InChI is InChI=1S/C6H12O2/c1-2-7-5-6-3-4-8-6/h6H,2-5H2,1H3. The summed E-state index contributed by atoms with van der Waals surface area (Å²) in [6, 6.07) is 0. The summed E-state index contributed by atoms with van der Waals surface area (Å²) >= 11 is 0. The molecule has 1 heterocycles. The van der Waals surface area contributed by atoms with Crippen LogP contribution in [0.15, 0.2) is 0 Å². The molecule has 0 aromatic heterocycles. The second-order valence-corrected chi connectivity index (χ2v) is 1.94. The summed E-state index contributed by atoms with van der Waals surface area (Å²) in [5, 5.41) is 0. The summed E-state index contributed by atoms with van der Waals surface area (Å²) in [6.07, 6.45) is 1.59. The minimum atomic E-state index is 0.412. The van der Waals surface area contributed by atoms with E-state index in [1.807, 2.05) is 6.92 Å². The summed E-state index contributed by atoms with van der Waals surface area (Å²) in [4.78, 5) is 0. The quantitative estimate of drug-likeness (QED) is 0.543. The van der Waals surface area contributed by atoms with Gasteiger partial charge in [0, 0.05) is 13.2 Å². The van der Waals surface area contributed by atoms with Crippen molar-refractivity contribution in [1.29, 1.82) is 0 Å². The summed E-state index contributed by atoms with van der Waals surface area (Å²) in [7, 11) is 0. The first kappa shape index (κ1) is 6.05. The Hall–Kier alpha value is -0.0800. The zero-order valence-corrected chi connectivity index (χ0v) is 5.22. The lowest BCUT2D eigenvalue weighted by molar-refractivity contribution is -0.0921. The molecule has 1 rings (SSSR count). The van der Waals surface area contributed by atoms with E-state index in [1.165, 1.54) is 6.42 Å². The molecule has 0 aromatic carbocycles. The Morgan fingerprint density at radius 1 is 1.75 bits per heavy atom. The van der Waals surface area contributed by atoms with Crippen LogP contribution in [0.1, 0.15) is 13.3 Å². The Balaban J connectivity index is 1.86. The van der Waals surface area contributed by atoms with Gasteiger partial charge < -0.3 is 9.47 Å². The van der Waals surface area contributed by atoms with Crippen molar-refractivity contribution in [1.82, 2.24) is 0 Å². The van der Waals surface area contributed by atoms with Gasteiger partial charge in [0.15, 0.2) is 0 Å². The predicted molar refractivity (Wildman–Crippen MR) is 30.8 cm³/mol. The van der Waals surface area contributed by atoms with Gasteiger partial charge in [0.1, 0.15) is 0 Å². The molecule has 48 valence electrons. The third-order valence-electron chi connectivity index (χ3n) is 1.30. The van der Waals surface area contributed by atoms with E-state index >= 15 is 0 Å². The van der Waals surface area contributed by atoms with Gasteiger partial charge in [-0.05, 0) is 13.3 Å². The van der Waals surface area contributed by atoms with Crippen molar-refractivity contribution >= 4 is 0 Å². The Labute approximate surface area is 49.8 Å². The number of ether oxygens (including phenoxy) is 2. The molecule has 0 bridgehead atoms. The zero-order valence-electron chi connectivity index (χ0n) is 5.22. The van der Waals surface area contributed by atoms with E-state index in [-0.39, 0.29) is 0 Å². The molecule has 2 heteroatoms. The fourth-order valence-electron chi connectivity index (χ4n) is 0.665. The van der Waals surface area contributed by atoms with Crippen molar-refractivity contribution in [2.45, 2.75) is 19.4 Å². The molecule has 1 aliphatic heterocycles. The molecule has 0 saturated carbocycles. The third kappa shape index (κ3) is 1.46. The largest absolute Gasteiger partial charge is 0.379 e. The second kappa shape index (κ2) is 3.05. The van der Waals surface area contributed by atoms with Gasteiger partial charge in [-0.1, -0.05) is 0 Å².